The molecule has 1 aromatic carbocycles. The van der Waals surface area contributed by atoms with E-state index in [2.05, 4.69) is 10.3 Å². The summed E-state index contributed by atoms with van der Waals surface area (Å²) in [6.07, 6.45) is 3.59. The molecule has 1 unspecified atom stereocenters. The predicted octanol–water partition coefficient (Wildman–Crippen LogP) is 2.24. The van der Waals surface area contributed by atoms with Crippen LogP contribution in [0.4, 0.5) is 0 Å². The van der Waals surface area contributed by atoms with E-state index in [1.165, 1.54) is 0 Å². The molecule has 0 aliphatic heterocycles. The van der Waals surface area contributed by atoms with Gasteiger partial charge in [-0.15, -0.1) is 0 Å². The summed E-state index contributed by atoms with van der Waals surface area (Å²) in [7, 11) is 0. The fourth-order valence-electron chi connectivity index (χ4n) is 1.95. The minimum atomic E-state index is -0.797. The van der Waals surface area contributed by atoms with Crippen molar-refractivity contribution in [3.63, 3.8) is 0 Å². The summed E-state index contributed by atoms with van der Waals surface area (Å²) in [5.41, 5.74) is 2.19. The highest BCUT2D eigenvalue weighted by molar-refractivity contribution is 5.66. The van der Waals surface area contributed by atoms with Crippen LogP contribution in [0, 0.1) is 0 Å². The van der Waals surface area contributed by atoms with Crippen molar-refractivity contribution >= 4 is 5.97 Å². The molecule has 1 atom stereocenters. The zero-order valence-corrected chi connectivity index (χ0v) is 10.5. The van der Waals surface area contributed by atoms with Crippen LogP contribution >= 0.6 is 0 Å². The van der Waals surface area contributed by atoms with E-state index in [1.807, 2.05) is 42.5 Å². The molecule has 0 saturated heterocycles. The van der Waals surface area contributed by atoms with Gasteiger partial charge in [0.2, 0.25) is 0 Å². The van der Waals surface area contributed by atoms with Gasteiger partial charge in [-0.25, -0.2) is 0 Å². The van der Waals surface area contributed by atoms with Crippen molar-refractivity contribution in [2.24, 2.45) is 0 Å². The maximum Gasteiger partial charge on any atom is 0.304 e. The van der Waals surface area contributed by atoms with Gasteiger partial charge in [0.05, 0.1) is 12.5 Å². The Kier molecular flexibility index (Phi) is 4.64. The lowest BCUT2D eigenvalue weighted by atomic mass is 9.99. The summed E-state index contributed by atoms with van der Waals surface area (Å²) < 4.78 is 0. The third-order valence-electron chi connectivity index (χ3n) is 2.86. The van der Waals surface area contributed by atoms with Gasteiger partial charge >= 0.3 is 5.97 Å². The van der Waals surface area contributed by atoms with E-state index in [9.17, 15) is 4.79 Å². The van der Waals surface area contributed by atoms with Crippen LogP contribution in [0.3, 0.4) is 0 Å². The SMILES string of the molecule is O=C(O)CCNC(c1ccccc1)c1ccncc1. The molecular formula is C15H16N2O2. The maximum atomic E-state index is 10.6. The van der Waals surface area contributed by atoms with E-state index in [0.29, 0.717) is 6.54 Å². The van der Waals surface area contributed by atoms with Crippen LogP contribution in [0.2, 0.25) is 0 Å². The van der Waals surface area contributed by atoms with Crippen LogP contribution in [0.15, 0.2) is 54.9 Å². The molecule has 0 aliphatic carbocycles. The van der Waals surface area contributed by atoms with Crippen LogP contribution < -0.4 is 5.32 Å². The number of nitrogens with one attached hydrogen (secondary N) is 1. The van der Waals surface area contributed by atoms with Gasteiger partial charge in [0, 0.05) is 18.9 Å². The second-order valence-corrected chi connectivity index (χ2v) is 4.22. The summed E-state index contributed by atoms with van der Waals surface area (Å²) in [5, 5.41) is 12.0. The Bertz CT molecular complexity index is 475. The van der Waals surface area contributed by atoms with Crippen LogP contribution in [0.5, 0.6) is 0 Å². The minimum absolute atomic E-state index is 0.0106. The van der Waals surface area contributed by atoms with Gasteiger partial charge in [-0.1, -0.05) is 30.3 Å². The molecule has 0 aliphatic rings. The monoisotopic (exact) mass is 256 g/mol. The average molecular weight is 256 g/mol. The largest absolute Gasteiger partial charge is 0.481 e. The lowest BCUT2D eigenvalue weighted by Crippen LogP contribution is -2.25. The first kappa shape index (κ1) is 13.2. The summed E-state index contributed by atoms with van der Waals surface area (Å²) in [4.78, 5) is 14.6. The zero-order valence-electron chi connectivity index (χ0n) is 10.5. The van der Waals surface area contributed by atoms with Crippen molar-refractivity contribution in [1.29, 1.82) is 0 Å². The van der Waals surface area contributed by atoms with Crippen molar-refractivity contribution in [1.82, 2.24) is 10.3 Å². The van der Waals surface area contributed by atoms with Gasteiger partial charge in [-0.05, 0) is 23.3 Å². The molecule has 0 bridgehead atoms. The lowest BCUT2D eigenvalue weighted by Gasteiger charge is -2.19. The molecule has 2 N–H and O–H groups in total. The third kappa shape index (κ3) is 3.89. The number of hydrogen-bond donors (Lipinski definition) is 2. The van der Waals surface area contributed by atoms with Gasteiger partial charge in [0.15, 0.2) is 0 Å². The Morgan fingerprint density at radius 1 is 1.11 bits per heavy atom. The van der Waals surface area contributed by atoms with Crippen molar-refractivity contribution in [2.75, 3.05) is 6.54 Å². The van der Waals surface area contributed by atoms with Gasteiger partial charge in [-0.2, -0.15) is 0 Å². The van der Waals surface area contributed by atoms with Gasteiger partial charge in [0.25, 0.3) is 0 Å². The van der Waals surface area contributed by atoms with Gasteiger partial charge < -0.3 is 10.4 Å². The molecule has 2 aromatic rings. The van der Waals surface area contributed by atoms with Crippen LogP contribution in [0.1, 0.15) is 23.6 Å². The first-order chi connectivity index (χ1) is 9.27. The fraction of sp³-hybridized carbons (Fsp3) is 0.200. The topological polar surface area (TPSA) is 62.2 Å². The van der Waals surface area contributed by atoms with E-state index in [0.717, 1.165) is 11.1 Å². The van der Waals surface area contributed by atoms with E-state index >= 15 is 0 Å². The molecule has 1 aromatic heterocycles. The third-order valence-corrected chi connectivity index (χ3v) is 2.86. The molecule has 19 heavy (non-hydrogen) atoms. The van der Waals surface area contributed by atoms with Gasteiger partial charge in [-0.3, -0.25) is 9.78 Å². The molecule has 0 radical (unpaired) electrons. The van der Waals surface area contributed by atoms with Crippen molar-refractivity contribution < 1.29 is 9.90 Å². The molecule has 0 spiro atoms. The number of carbonyl (C=O) groups is 1. The van der Waals surface area contributed by atoms with Crippen molar-refractivity contribution in [3.05, 3.63) is 66.0 Å². The highest BCUT2D eigenvalue weighted by Gasteiger charge is 2.13. The Morgan fingerprint density at radius 2 is 1.74 bits per heavy atom. The summed E-state index contributed by atoms with van der Waals surface area (Å²) in [5.74, 6) is -0.797. The number of aromatic nitrogens is 1. The van der Waals surface area contributed by atoms with E-state index in [-0.39, 0.29) is 12.5 Å². The number of carboxylic acids is 1. The van der Waals surface area contributed by atoms with Crippen molar-refractivity contribution in [3.8, 4) is 0 Å². The number of benzene rings is 1. The van der Waals surface area contributed by atoms with E-state index in [1.54, 1.807) is 12.4 Å². The first-order valence-corrected chi connectivity index (χ1v) is 6.17. The molecule has 1 heterocycles. The quantitative estimate of drug-likeness (QED) is 0.832. The van der Waals surface area contributed by atoms with Crippen LogP contribution in [0.25, 0.3) is 0 Å². The minimum Gasteiger partial charge on any atom is -0.481 e. The highest BCUT2D eigenvalue weighted by Crippen LogP contribution is 2.20. The average Bonchev–Trinajstić information content (AvgIpc) is 2.45. The van der Waals surface area contributed by atoms with Crippen molar-refractivity contribution in [2.45, 2.75) is 12.5 Å². The highest BCUT2D eigenvalue weighted by atomic mass is 16.4. The molecule has 2 rings (SSSR count). The molecule has 0 fully saturated rings. The lowest BCUT2D eigenvalue weighted by molar-refractivity contribution is -0.136. The Balaban J connectivity index is 2.17. The Labute approximate surface area is 112 Å². The molecule has 98 valence electrons. The molecule has 0 amide bonds. The molecular weight excluding hydrogens is 240 g/mol. The number of rotatable bonds is 6. The second-order valence-electron chi connectivity index (χ2n) is 4.22. The Hall–Kier alpha value is -2.20. The fourth-order valence-corrected chi connectivity index (χ4v) is 1.95. The van der Waals surface area contributed by atoms with Gasteiger partial charge in [0.1, 0.15) is 0 Å². The first-order valence-electron chi connectivity index (χ1n) is 6.17. The number of nitrogens with zero attached hydrogens (tertiary/aromatic N) is 1. The van der Waals surface area contributed by atoms with Crippen LogP contribution in [-0.2, 0) is 4.79 Å². The molecule has 4 nitrogen and oxygen atoms in total. The number of hydrogen-bond acceptors (Lipinski definition) is 3. The van der Waals surface area contributed by atoms with E-state index < -0.39 is 5.97 Å². The second kappa shape index (κ2) is 6.66. The molecule has 4 heteroatoms. The number of carboxylic acid groups (broad SMARTS) is 1. The smallest absolute Gasteiger partial charge is 0.304 e. The van der Waals surface area contributed by atoms with E-state index in [4.69, 9.17) is 5.11 Å². The van der Waals surface area contributed by atoms with Crippen LogP contribution in [-0.4, -0.2) is 22.6 Å². The Morgan fingerprint density at radius 3 is 2.37 bits per heavy atom. The standard InChI is InChI=1S/C15H16N2O2/c18-14(19)8-11-17-15(12-4-2-1-3-5-12)13-6-9-16-10-7-13/h1-7,9-10,15,17H,8,11H2,(H,18,19). The summed E-state index contributed by atoms with van der Waals surface area (Å²) in [6.45, 7) is 0.428. The summed E-state index contributed by atoms with van der Waals surface area (Å²) in [6, 6.07) is 13.8. The number of pyridine rings is 1. The maximum absolute atomic E-state index is 10.6. The number of aliphatic carboxylic acids is 1. The summed E-state index contributed by atoms with van der Waals surface area (Å²) >= 11 is 0. The zero-order chi connectivity index (χ0) is 13.5. The predicted molar refractivity (Wildman–Crippen MR) is 72.8 cm³/mol. The normalized spacial score (nSPS) is 12.0. The molecule has 0 saturated carbocycles.